The number of carbonyl (C=O) groups is 1. The van der Waals surface area contributed by atoms with E-state index in [1.165, 1.54) is 0 Å². The Morgan fingerprint density at radius 2 is 1.79 bits per heavy atom. The van der Waals surface area contributed by atoms with Gasteiger partial charge in [-0.05, 0) is 61.4 Å². The summed E-state index contributed by atoms with van der Waals surface area (Å²) in [6.45, 7) is 4.72. The van der Waals surface area contributed by atoms with Crippen LogP contribution >= 0.6 is 24.0 Å². The molecule has 1 aromatic heterocycles. The molecule has 0 saturated carbocycles. The number of hydrogen-bond acceptors (Lipinski definition) is 4. The summed E-state index contributed by atoms with van der Waals surface area (Å²) in [6, 6.07) is 17.8. The van der Waals surface area contributed by atoms with Gasteiger partial charge in [0.05, 0.1) is 31.6 Å². The lowest BCUT2D eigenvalue weighted by atomic mass is 10.2. The Bertz CT molecular complexity index is 1100. The van der Waals surface area contributed by atoms with E-state index in [1.807, 2.05) is 77.3 Å². The minimum absolute atomic E-state index is 0. The number of amides is 1. The number of ether oxygens (including phenoxy) is 1. The van der Waals surface area contributed by atoms with Crippen LogP contribution in [0.1, 0.15) is 31.0 Å². The molecule has 0 aliphatic carbocycles. The molecule has 0 bridgehead atoms. The number of aromatic nitrogens is 2. The molecule has 34 heavy (non-hydrogen) atoms. The maximum atomic E-state index is 11.9. The topological polar surface area (TPSA) is 83.8 Å². The Hall–Kier alpha value is -3.08. The van der Waals surface area contributed by atoms with Crippen molar-refractivity contribution in [3.63, 3.8) is 0 Å². The Morgan fingerprint density at radius 1 is 1.06 bits per heavy atom. The molecule has 2 aromatic carbocycles. The lowest BCUT2D eigenvalue weighted by molar-refractivity contribution is -0.117. The summed E-state index contributed by atoms with van der Waals surface area (Å²) in [5, 5.41) is 11.3. The third-order valence-electron chi connectivity index (χ3n) is 5.50. The molecule has 3 aromatic rings. The van der Waals surface area contributed by atoms with Gasteiger partial charge in [0.15, 0.2) is 5.96 Å². The van der Waals surface area contributed by atoms with E-state index in [0.29, 0.717) is 19.5 Å². The average Bonchev–Trinajstić information content (AvgIpc) is 3.50. The minimum Gasteiger partial charge on any atom is -0.497 e. The summed E-state index contributed by atoms with van der Waals surface area (Å²) in [5.74, 6) is 1.75. The fraction of sp³-hybridized carbons (Fsp3) is 0.320. The van der Waals surface area contributed by atoms with Gasteiger partial charge in [0.2, 0.25) is 5.91 Å². The molecule has 1 aliphatic heterocycles. The van der Waals surface area contributed by atoms with Gasteiger partial charge in [-0.2, -0.15) is 5.10 Å². The molecule has 8 nitrogen and oxygen atoms in total. The summed E-state index contributed by atoms with van der Waals surface area (Å²) < 4.78 is 7.05. The Kier molecular flexibility index (Phi) is 9.32. The van der Waals surface area contributed by atoms with E-state index in [1.54, 1.807) is 7.11 Å². The number of guanidine groups is 1. The summed E-state index contributed by atoms with van der Waals surface area (Å²) in [4.78, 5) is 18.5. The number of benzene rings is 2. The van der Waals surface area contributed by atoms with Crippen LogP contribution in [0, 0.1) is 0 Å². The van der Waals surface area contributed by atoms with Crippen molar-refractivity contribution in [1.29, 1.82) is 0 Å². The highest BCUT2D eigenvalue weighted by Gasteiger charge is 2.21. The monoisotopic (exact) mass is 574 g/mol. The van der Waals surface area contributed by atoms with Gasteiger partial charge in [-0.1, -0.05) is 12.1 Å². The van der Waals surface area contributed by atoms with Crippen molar-refractivity contribution < 1.29 is 9.53 Å². The molecule has 1 fully saturated rings. The molecule has 1 amide bonds. The van der Waals surface area contributed by atoms with E-state index in [4.69, 9.17) is 9.73 Å². The van der Waals surface area contributed by atoms with Crippen molar-refractivity contribution in [2.24, 2.45) is 4.99 Å². The molecule has 0 radical (unpaired) electrons. The lowest BCUT2D eigenvalue weighted by Gasteiger charge is -2.15. The summed E-state index contributed by atoms with van der Waals surface area (Å²) in [7, 11) is 1.65. The van der Waals surface area contributed by atoms with Crippen LogP contribution in [0.4, 0.5) is 5.69 Å². The summed E-state index contributed by atoms with van der Waals surface area (Å²) >= 11 is 0. The first kappa shape index (κ1) is 25.5. The zero-order valence-corrected chi connectivity index (χ0v) is 21.9. The van der Waals surface area contributed by atoms with Crippen molar-refractivity contribution in [1.82, 2.24) is 20.4 Å². The maximum absolute atomic E-state index is 11.9. The molecule has 180 valence electrons. The second kappa shape index (κ2) is 12.4. The van der Waals surface area contributed by atoms with Crippen molar-refractivity contribution in [2.75, 3.05) is 25.1 Å². The average molecular weight is 574 g/mol. The molecule has 2 N–H and O–H groups in total. The molecular formula is C25H31IN6O2. The zero-order chi connectivity index (χ0) is 23.0. The fourth-order valence-electron chi connectivity index (χ4n) is 3.72. The van der Waals surface area contributed by atoms with Gasteiger partial charge in [-0.3, -0.25) is 4.79 Å². The molecular weight excluding hydrogens is 543 g/mol. The Morgan fingerprint density at radius 3 is 2.44 bits per heavy atom. The first-order chi connectivity index (χ1) is 16.2. The quantitative estimate of drug-likeness (QED) is 0.243. The number of carbonyl (C=O) groups excluding carboxylic acids is 1. The Balaban J connectivity index is 0.00000324. The lowest BCUT2D eigenvalue weighted by Crippen LogP contribution is -2.36. The van der Waals surface area contributed by atoms with Crippen LogP contribution in [0.5, 0.6) is 5.75 Å². The molecule has 0 unspecified atom stereocenters. The summed E-state index contributed by atoms with van der Waals surface area (Å²) in [6.07, 6.45) is 3.51. The van der Waals surface area contributed by atoms with E-state index >= 15 is 0 Å². The van der Waals surface area contributed by atoms with E-state index in [0.717, 1.165) is 53.9 Å². The van der Waals surface area contributed by atoms with E-state index in [9.17, 15) is 4.79 Å². The van der Waals surface area contributed by atoms with Gasteiger partial charge >= 0.3 is 0 Å². The highest BCUT2D eigenvalue weighted by molar-refractivity contribution is 14.0. The van der Waals surface area contributed by atoms with Crippen molar-refractivity contribution >= 4 is 41.5 Å². The third-order valence-corrected chi connectivity index (χ3v) is 5.50. The van der Waals surface area contributed by atoms with Crippen LogP contribution in [0.3, 0.4) is 0 Å². The van der Waals surface area contributed by atoms with E-state index in [2.05, 4.69) is 15.7 Å². The predicted molar refractivity (Wildman–Crippen MR) is 145 cm³/mol. The van der Waals surface area contributed by atoms with Crippen LogP contribution in [-0.4, -0.2) is 41.8 Å². The van der Waals surface area contributed by atoms with E-state index < -0.39 is 0 Å². The number of hydrogen-bond donors (Lipinski definition) is 2. The molecule has 2 heterocycles. The largest absolute Gasteiger partial charge is 0.497 e. The molecule has 9 heteroatoms. The molecule has 1 saturated heterocycles. The zero-order valence-electron chi connectivity index (χ0n) is 19.5. The van der Waals surface area contributed by atoms with Gasteiger partial charge in [0, 0.05) is 31.4 Å². The molecule has 0 atom stereocenters. The molecule has 0 spiro atoms. The van der Waals surface area contributed by atoms with Crippen LogP contribution < -0.4 is 20.3 Å². The first-order valence-corrected chi connectivity index (χ1v) is 11.3. The number of aliphatic imine (C=N–C) groups is 1. The highest BCUT2D eigenvalue weighted by Crippen LogP contribution is 2.21. The van der Waals surface area contributed by atoms with Crippen LogP contribution in [0.2, 0.25) is 0 Å². The number of rotatable bonds is 8. The first-order valence-electron chi connectivity index (χ1n) is 11.3. The minimum atomic E-state index is 0. The van der Waals surface area contributed by atoms with Crippen molar-refractivity contribution in [3.8, 4) is 11.4 Å². The van der Waals surface area contributed by atoms with E-state index in [-0.39, 0.29) is 29.9 Å². The van der Waals surface area contributed by atoms with Crippen LogP contribution in [0.15, 0.2) is 65.8 Å². The number of methoxy groups -OCH3 is 1. The normalized spacial score (nSPS) is 13.5. The predicted octanol–water partition coefficient (Wildman–Crippen LogP) is 3.88. The van der Waals surface area contributed by atoms with Crippen LogP contribution in [0.25, 0.3) is 5.69 Å². The highest BCUT2D eigenvalue weighted by atomic mass is 127. The number of nitrogens with zero attached hydrogens (tertiary/aromatic N) is 4. The van der Waals surface area contributed by atoms with Crippen molar-refractivity contribution in [2.45, 2.75) is 32.9 Å². The smallest absolute Gasteiger partial charge is 0.227 e. The summed E-state index contributed by atoms with van der Waals surface area (Å²) in [5.41, 5.74) is 3.94. The van der Waals surface area contributed by atoms with Gasteiger partial charge in [0.1, 0.15) is 5.75 Å². The Labute approximate surface area is 217 Å². The second-order valence-electron chi connectivity index (χ2n) is 7.81. The molecule has 1 aliphatic rings. The van der Waals surface area contributed by atoms with Crippen LogP contribution in [-0.2, 0) is 17.9 Å². The third kappa shape index (κ3) is 6.49. The van der Waals surface area contributed by atoms with Gasteiger partial charge in [-0.15, -0.1) is 24.0 Å². The van der Waals surface area contributed by atoms with Gasteiger partial charge < -0.3 is 20.3 Å². The van der Waals surface area contributed by atoms with Gasteiger partial charge in [-0.25, -0.2) is 9.67 Å². The maximum Gasteiger partial charge on any atom is 0.227 e. The number of anilines is 1. The number of halogens is 1. The van der Waals surface area contributed by atoms with Gasteiger partial charge in [0.25, 0.3) is 0 Å². The SMILES string of the molecule is CCNC(=NCc1ccc(N2CCCC2=O)cc1)NCc1ccn(-c2ccc(OC)cc2)n1.I. The molecule has 4 rings (SSSR count). The van der Waals surface area contributed by atoms with Crippen molar-refractivity contribution in [3.05, 3.63) is 72.1 Å². The fourth-order valence-corrected chi connectivity index (χ4v) is 3.72. The number of nitrogens with one attached hydrogen (secondary N) is 2. The standard InChI is InChI=1S/C25H30N6O2.HI/c1-3-26-25(27-17-19-6-8-21(9-7-19)30-15-4-5-24(30)32)28-18-20-14-16-31(29-20)22-10-12-23(33-2)13-11-22;/h6-14,16H,3-5,15,17-18H2,1-2H3,(H2,26,27,28);1H. The second-order valence-corrected chi connectivity index (χ2v) is 7.81.